The number of nitrogens with one attached hydrogen (secondary N) is 1. The summed E-state index contributed by atoms with van der Waals surface area (Å²) in [5.74, 6) is 1.19. The van der Waals surface area contributed by atoms with Gasteiger partial charge in [-0.25, -0.2) is 0 Å². The number of nitrogens with two attached hydrogens (primary N) is 1. The van der Waals surface area contributed by atoms with Gasteiger partial charge in [0.2, 0.25) is 0 Å². The van der Waals surface area contributed by atoms with Gasteiger partial charge < -0.3 is 11.1 Å². The third kappa shape index (κ3) is 2.57. The Bertz CT molecular complexity index is 570. The summed E-state index contributed by atoms with van der Waals surface area (Å²) in [5, 5.41) is 7.90. The van der Waals surface area contributed by atoms with Gasteiger partial charge in [-0.1, -0.05) is 39.0 Å². The fraction of sp³-hybridized carbons (Fsp3) is 0.400. The minimum Gasteiger partial charge on any atom is -0.394 e. The van der Waals surface area contributed by atoms with Crippen LogP contribution in [0.5, 0.6) is 0 Å². The molecule has 4 nitrogen and oxygen atoms in total. The van der Waals surface area contributed by atoms with Crippen molar-refractivity contribution in [3.63, 3.8) is 0 Å². The summed E-state index contributed by atoms with van der Waals surface area (Å²) in [7, 11) is 1.92. The van der Waals surface area contributed by atoms with Crippen molar-refractivity contribution in [2.24, 2.45) is 7.05 Å². The summed E-state index contributed by atoms with van der Waals surface area (Å²) >= 11 is 0. The number of benzene rings is 1. The van der Waals surface area contributed by atoms with Crippen LogP contribution in [0.15, 0.2) is 24.3 Å². The molecule has 0 saturated heterocycles. The molecule has 0 bridgehead atoms. The molecule has 0 fully saturated rings. The minimum absolute atomic E-state index is 0.322. The molecule has 1 aromatic carbocycles. The number of aromatic nitrogens is 2. The van der Waals surface area contributed by atoms with Gasteiger partial charge in [0, 0.05) is 12.7 Å². The Balaban J connectivity index is 2.38. The molecule has 0 aliphatic carbocycles. The van der Waals surface area contributed by atoms with Crippen molar-refractivity contribution in [1.29, 1.82) is 0 Å². The van der Waals surface area contributed by atoms with Crippen LogP contribution in [0.3, 0.4) is 0 Å². The molecule has 2 rings (SSSR count). The second kappa shape index (κ2) is 5.34. The molecule has 0 saturated carbocycles. The van der Waals surface area contributed by atoms with Crippen molar-refractivity contribution in [2.75, 3.05) is 11.1 Å². The molecule has 102 valence electrons. The van der Waals surface area contributed by atoms with Crippen LogP contribution in [0.2, 0.25) is 0 Å². The van der Waals surface area contributed by atoms with Crippen LogP contribution in [-0.2, 0) is 13.5 Å². The Morgan fingerprint density at radius 1 is 1.32 bits per heavy atom. The van der Waals surface area contributed by atoms with Crippen LogP contribution < -0.4 is 11.1 Å². The second-order valence-corrected chi connectivity index (χ2v) is 5.06. The molecule has 0 spiro atoms. The van der Waals surface area contributed by atoms with E-state index in [-0.39, 0.29) is 0 Å². The summed E-state index contributed by atoms with van der Waals surface area (Å²) in [5.41, 5.74) is 10.2. The number of nitrogens with zero attached hydrogens (tertiary/aromatic N) is 2. The van der Waals surface area contributed by atoms with Crippen LogP contribution in [-0.4, -0.2) is 9.78 Å². The number of nitrogen functional groups attached to an aromatic ring is 1. The molecule has 19 heavy (non-hydrogen) atoms. The molecule has 1 aromatic heterocycles. The predicted molar refractivity (Wildman–Crippen MR) is 80.8 cm³/mol. The number of hydrogen-bond acceptors (Lipinski definition) is 3. The first-order valence-corrected chi connectivity index (χ1v) is 6.71. The van der Waals surface area contributed by atoms with Crippen LogP contribution in [0.4, 0.5) is 17.2 Å². The van der Waals surface area contributed by atoms with Gasteiger partial charge in [0.25, 0.3) is 0 Å². The zero-order chi connectivity index (χ0) is 14.0. The van der Waals surface area contributed by atoms with Gasteiger partial charge in [-0.3, -0.25) is 4.68 Å². The average molecular weight is 258 g/mol. The maximum Gasteiger partial charge on any atom is 0.152 e. The van der Waals surface area contributed by atoms with E-state index in [0.717, 1.165) is 29.3 Å². The topological polar surface area (TPSA) is 55.9 Å². The summed E-state index contributed by atoms with van der Waals surface area (Å²) in [6.07, 6.45) is 0.984. The van der Waals surface area contributed by atoms with Gasteiger partial charge >= 0.3 is 0 Å². The number of hydrogen-bond donors (Lipinski definition) is 2. The van der Waals surface area contributed by atoms with Gasteiger partial charge in [0.15, 0.2) is 5.82 Å². The van der Waals surface area contributed by atoms with Crippen molar-refractivity contribution >= 4 is 17.2 Å². The summed E-state index contributed by atoms with van der Waals surface area (Å²) in [4.78, 5) is 0. The van der Waals surface area contributed by atoms with E-state index in [1.54, 1.807) is 0 Å². The lowest BCUT2D eigenvalue weighted by Gasteiger charge is -2.11. The summed E-state index contributed by atoms with van der Waals surface area (Å²) in [6, 6.07) is 8.27. The smallest absolute Gasteiger partial charge is 0.152 e. The predicted octanol–water partition coefficient (Wildman–Crippen LogP) is 3.43. The van der Waals surface area contributed by atoms with Crippen molar-refractivity contribution in [3.8, 4) is 0 Å². The second-order valence-electron chi connectivity index (χ2n) is 5.06. The molecule has 0 aliphatic heterocycles. The molecular formula is C15H22N4. The molecule has 4 heteroatoms. The molecule has 0 aliphatic rings. The zero-order valence-electron chi connectivity index (χ0n) is 12.1. The summed E-state index contributed by atoms with van der Waals surface area (Å²) < 4.78 is 1.82. The average Bonchev–Trinajstić information content (AvgIpc) is 2.67. The number of rotatable bonds is 4. The molecular weight excluding hydrogens is 236 g/mol. The standard InChI is InChI=1S/C15H22N4/c1-5-11-8-6-7-9-12(11)17-15-13(16)14(10(2)3)18-19(15)4/h6-10,17H,5,16H2,1-4H3. The first-order valence-electron chi connectivity index (χ1n) is 6.71. The molecule has 1 heterocycles. The molecule has 0 atom stereocenters. The molecule has 0 amide bonds. The van der Waals surface area contributed by atoms with Crippen LogP contribution in [0.25, 0.3) is 0 Å². The van der Waals surface area contributed by atoms with Gasteiger partial charge in [0.1, 0.15) is 0 Å². The Labute approximate surface area is 114 Å². The lowest BCUT2D eigenvalue weighted by molar-refractivity contribution is 0.718. The van der Waals surface area contributed by atoms with Crippen LogP contribution in [0.1, 0.15) is 37.9 Å². The Hall–Kier alpha value is -1.97. The summed E-state index contributed by atoms with van der Waals surface area (Å²) in [6.45, 7) is 6.34. The third-order valence-electron chi connectivity index (χ3n) is 3.31. The lowest BCUT2D eigenvalue weighted by atomic mass is 10.1. The monoisotopic (exact) mass is 258 g/mol. The van der Waals surface area contributed by atoms with Gasteiger partial charge in [-0.05, 0) is 24.0 Å². The van der Waals surface area contributed by atoms with Crippen molar-refractivity contribution < 1.29 is 0 Å². The van der Waals surface area contributed by atoms with Crippen LogP contribution >= 0.6 is 0 Å². The molecule has 3 N–H and O–H groups in total. The van der Waals surface area contributed by atoms with E-state index in [4.69, 9.17) is 5.73 Å². The third-order valence-corrected chi connectivity index (χ3v) is 3.31. The zero-order valence-corrected chi connectivity index (χ0v) is 12.1. The van der Waals surface area contributed by atoms with Gasteiger partial charge in [-0.2, -0.15) is 5.10 Å². The van der Waals surface area contributed by atoms with Crippen molar-refractivity contribution in [1.82, 2.24) is 9.78 Å². The highest BCUT2D eigenvalue weighted by Gasteiger charge is 2.16. The van der Waals surface area contributed by atoms with Crippen molar-refractivity contribution in [3.05, 3.63) is 35.5 Å². The van der Waals surface area contributed by atoms with E-state index in [1.165, 1.54) is 5.56 Å². The normalized spacial score (nSPS) is 11.0. The first-order chi connectivity index (χ1) is 9.04. The van der Waals surface area contributed by atoms with Crippen molar-refractivity contribution in [2.45, 2.75) is 33.1 Å². The highest BCUT2D eigenvalue weighted by Crippen LogP contribution is 2.31. The maximum absolute atomic E-state index is 6.20. The van der Waals surface area contributed by atoms with E-state index < -0.39 is 0 Å². The lowest BCUT2D eigenvalue weighted by Crippen LogP contribution is -2.03. The number of para-hydroxylation sites is 1. The molecule has 2 aromatic rings. The molecule has 0 radical (unpaired) electrons. The molecule has 0 unspecified atom stereocenters. The van der Waals surface area contributed by atoms with Crippen LogP contribution in [0, 0.1) is 0 Å². The van der Waals surface area contributed by atoms with E-state index in [2.05, 4.69) is 49.4 Å². The SMILES string of the molecule is CCc1ccccc1Nc1c(N)c(C(C)C)nn1C. The minimum atomic E-state index is 0.322. The highest BCUT2D eigenvalue weighted by molar-refractivity contribution is 5.73. The first kappa shape index (κ1) is 13.5. The van der Waals surface area contributed by atoms with E-state index >= 15 is 0 Å². The number of aryl methyl sites for hydroxylation is 2. The van der Waals surface area contributed by atoms with Gasteiger partial charge in [-0.15, -0.1) is 0 Å². The fourth-order valence-electron chi connectivity index (χ4n) is 2.21. The Morgan fingerprint density at radius 2 is 2.00 bits per heavy atom. The van der Waals surface area contributed by atoms with E-state index in [0.29, 0.717) is 5.92 Å². The van der Waals surface area contributed by atoms with E-state index in [9.17, 15) is 0 Å². The largest absolute Gasteiger partial charge is 0.394 e. The Kier molecular flexibility index (Phi) is 3.79. The quantitative estimate of drug-likeness (QED) is 0.883. The van der Waals surface area contributed by atoms with E-state index in [1.807, 2.05) is 17.8 Å². The van der Waals surface area contributed by atoms with Gasteiger partial charge in [0.05, 0.1) is 11.4 Å². The maximum atomic E-state index is 6.20. The highest BCUT2D eigenvalue weighted by atomic mass is 15.3. The number of anilines is 3. The Morgan fingerprint density at radius 3 is 2.58 bits per heavy atom. The fourth-order valence-corrected chi connectivity index (χ4v) is 2.21.